The van der Waals surface area contributed by atoms with Crippen LogP contribution in [0.5, 0.6) is 5.75 Å². The third kappa shape index (κ3) is 4.70. The first-order valence-electron chi connectivity index (χ1n) is 8.36. The monoisotopic (exact) mass is 331 g/mol. The van der Waals surface area contributed by atoms with Crippen LogP contribution in [0, 0.1) is 0 Å². The highest BCUT2D eigenvalue weighted by Gasteiger charge is 2.14. The van der Waals surface area contributed by atoms with Crippen molar-refractivity contribution in [2.45, 2.75) is 19.6 Å². The minimum atomic E-state index is -0.550. The molecule has 0 heterocycles. The molecule has 0 saturated carbocycles. The molecule has 25 heavy (non-hydrogen) atoms. The lowest BCUT2D eigenvalue weighted by Crippen LogP contribution is -2.35. The van der Waals surface area contributed by atoms with Gasteiger partial charge in [0.15, 0.2) is 6.10 Å². The number of benzene rings is 3. The van der Waals surface area contributed by atoms with E-state index >= 15 is 0 Å². The number of rotatable bonds is 6. The van der Waals surface area contributed by atoms with Gasteiger partial charge in [-0.2, -0.15) is 0 Å². The molecule has 0 radical (unpaired) electrons. The Morgan fingerprint density at radius 2 is 1.40 bits per heavy atom. The minimum Gasteiger partial charge on any atom is -0.481 e. The van der Waals surface area contributed by atoms with Crippen LogP contribution in [0.4, 0.5) is 0 Å². The van der Waals surface area contributed by atoms with Crippen molar-refractivity contribution in [2.75, 3.05) is 0 Å². The van der Waals surface area contributed by atoms with Gasteiger partial charge in [-0.15, -0.1) is 0 Å². The van der Waals surface area contributed by atoms with Crippen LogP contribution in [0.3, 0.4) is 0 Å². The van der Waals surface area contributed by atoms with E-state index in [1.165, 1.54) is 0 Å². The molecule has 1 atom stereocenters. The van der Waals surface area contributed by atoms with Crippen molar-refractivity contribution in [1.82, 2.24) is 5.32 Å². The summed E-state index contributed by atoms with van der Waals surface area (Å²) < 4.78 is 5.74. The second-order valence-electron chi connectivity index (χ2n) is 5.85. The second kappa shape index (κ2) is 8.15. The molecule has 0 fully saturated rings. The first kappa shape index (κ1) is 16.8. The van der Waals surface area contributed by atoms with E-state index in [1.807, 2.05) is 72.8 Å². The van der Waals surface area contributed by atoms with Gasteiger partial charge in [0, 0.05) is 6.54 Å². The Bertz CT molecular complexity index is 798. The number of nitrogens with one attached hydrogen (secondary N) is 1. The first-order valence-corrected chi connectivity index (χ1v) is 8.36. The van der Waals surface area contributed by atoms with Crippen molar-refractivity contribution in [2.24, 2.45) is 0 Å². The summed E-state index contributed by atoms with van der Waals surface area (Å²) in [6.07, 6.45) is -0.550. The van der Waals surface area contributed by atoms with Gasteiger partial charge in [-0.3, -0.25) is 4.79 Å². The Balaban J connectivity index is 1.55. The highest BCUT2D eigenvalue weighted by Crippen LogP contribution is 2.22. The molecule has 3 rings (SSSR count). The fourth-order valence-corrected chi connectivity index (χ4v) is 2.54. The van der Waals surface area contributed by atoms with Gasteiger partial charge >= 0.3 is 0 Å². The van der Waals surface area contributed by atoms with E-state index in [2.05, 4.69) is 17.4 Å². The molecule has 3 aromatic carbocycles. The van der Waals surface area contributed by atoms with Crippen LogP contribution in [0.1, 0.15) is 12.5 Å². The lowest BCUT2D eigenvalue weighted by Gasteiger charge is -2.15. The summed E-state index contributed by atoms with van der Waals surface area (Å²) in [5, 5.41) is 2.89. The Morgan fingerprint density at radius 1 is 0.840 bits per heavy atom. The lowest BCUT2D eigenvalue weighted by atomic mass is 10.1. The van der Waals surface area contributed by atoms with Crippen LogP contribution in [0.25, 0.3) is 11.1 Å². The zero-order chi connectivity index (χ0) is 17.5. The third-order valence-corrected chi connectivity index (χ3v) is 3.95. The van der Waals surface area contributed by atoms with Gasteiger partial charge in [0.05, 0.1) is 0 Å². The normalized spacial score (nSPS) is 11.6. The third-order valence-electron chi connectivity index (χ3n) is 3.95. The van der Waals surface area contributed by atoms with Crippen LogP contribution in [0.15, 0.2) is 84.9 Å². The van der Waals surface area contributed by atoms with Crippen molar-refractivity contribution < 1.29 is 9.53 Å². The van der Waals surface area contributed by atoms with E-state index in [1.54, 1.807) is 6.92 Å². The predicted molar refractivity (Wildman–Crippen MR) is 100 cm³/mol. The van der Waals surface area contributed by atoms with Gasteiger partial charge in [0.1, 0.15) is 5.75 Å². The van der Waals surface area contributed by atoms with Crippen LogP contribution >= 0.6 is 0 Å². The summed E-state index contributed by atoms with van der Waals surface area (Å²) in [7, 11) is 0. The second-order valence-corrected chi connectivity index (χ2v) is 5.85. The van der Waals surface area contributed by atoms with Gasteiger partial charge in [-0.25, -0.2) is 0 Å². The molecule has 0 aliphatic rings. The molecule has 126 valence electrons. The molecule has 0 aliphatic heterocycles. The van der Waals surface area contributed by atoms with Crippen LogP contribution in [0.2, 0.25) is 0 Å². The molecule has 1 N–H and O–H groups in total. The molecule has 0 saturated heterocycles. The zero-order valence-corrected chi connectivity index (χ0v) is 14.2. The quantitative estimate of drug-likeness (QED) is 0.725. The van der Waals surface area contributed by atoms with Gasteiger partial charge < -0.3 is 10.1 Å². The molecule has 3 nitrogen and oxygen atoms in total. The van der Waals surface area contributed by atoms with Crippen LogP contribution < -0.4 is 10.1 Å². The zero-order valence-electron chi connectivity index (χ0n) is 14.2. The number of ether oxygens (including phenoxy) is 1. The molecule has 3 aromatic rings. The Morgan fingerprint density at radius 3 is 2.04 bits per heavy atom. The summed E-state index contributed by atoms with van der Waals surface area (Å²) in [6.45, 7) is 2.26. The van der Waals surface area contributed by atoms with Gasteiger partial charge in [-0.05, 0) is 35.7 Å². The SMILES string of the molecule is C[C@H](Oc1ccc(-c2ccccc2)cc1)C(=O)NCc1ccccc1. The molecule has 0 spiro atoms. The molecule has 0 bridgehead atoms. The molecule has 1 amide bonds. The fraction of sp³-hybridized carbons (Fsp3) is 0.136. The maximum Gasteiger partial charge on any atom is 0.261 e. The van der Waals surface area contributed by atoms with E-state index in [4.69, 9.17) is 4.74 Å². The molecular formula is C22H21NO2. The largest absolute Gasteiger partial charge is 0.481 e. The maximum atomic E-state index is 12.2. The minimum absolute atomic E-state index is 0.129. The van der Waals surface area contributed by atoms with E-state index in [9.17, 15) is 4.79 Å². The van der Waals surface area contributed by atoms with Crippen molar-refractivity contribution in [3.05, 3.63) is 90.5 Å². The number of amides is 1. The molecule has 0 aromatic heterocycles. The predicted octanol–water partition coefficient (Wildman–Crippen LogP) is 4.44. The Labute approximate surface area is 148 Å². The summed E-state index contributed by atoms with van der Waals surface area (Å²) in [6, 6.07) is 27.8. The van der Waals surface area contributed by atoms with Crippen molar-refractivity contribution >= 4 is 5.91 Å². The molecule has 3 heteroatoms. The molecular weight excluding hydrogens is 310 g/mol. The summed E-state index contributed by atoms with van der Waals surface area (Å²) >= 11 is 0. The maximum absolute atomic E-state index is 12.2. The van der Waals surface area contributed by atoms with Crippen LogP contribution in [-0.2, 0) is 11.3 Å². The van der Waals surface area contributed by atoms with Gasteiger partial charge in [0.25, 0.3) is 5.91 Å². The van der Waals surface area contributed by atoms with Gasteiger partial charge in [-0.1, -0.05) is 72.8 Å². The lowest BCUT2D eigenvalue weighted by molar-refractivity contribution is -0.127. The van der Waals surface area contributed by atoms with Crippen molar-refractivity contribution in [3.63, 3.8) is 0 Å². The Kier molecular flexibility index (Phi) is 5.47. The molecule has 0 aliphatic carbocycles. The number of hydrogen-bond acceptors (Lipinski definition) is 2. The number of carbonyl (C=O) groups excluding carboxylic acids is 1. The van der Waals surface area contributed by atoms with E-state index in [0.29, 0.717) is 12.3 Å². The average molecular weight is 331 g/mol. The molecule has 0 unspecified atom stereocenters. The first-order chi connectivity index (χ1) is 12.2. The van der Waals surface area contributed by atoms with Crippen LogP contribution in [-0.4, -0.2) is 12.0 Å². The average Bonchev–Trinajstić information content (AvgIpc) is 2.68. The Hall–Kier alpha value is -3.07. The van der Waals surface area contributed by atoms with E-state index < -0.39 is 6.10 Å². The number of hydrogen-bond donors (Lipinski definition) is 1. The summed E-state index contributed by atoms with van der Waals surface area (Å²) in [5.74, 6) is 0.554. The topological polar surface area (TPSA) is 38.3 Å². The van der Waals surface area contributed by atoms with E-state index in [-0.39, 0.29) is 5.91 Å². The highest BCUT2D eigenvalue weighted by atomic mass is 16.5. The summed E-state index contributed by atoms with van der Waals surface area (Å²) in [4.78, 5) is 12.2. The number of carbonyl (C=O) groups is 1. The fourth-order valence-electron chi connectivity index (χ4n) is 2.54. The van der Waals surface area contributed by atoms with Crippen molar-refractivity contribution in [1.29, 1.82) is 0 Å². The van der Waals surface area contributed by atoms with Crippen molar-refractivity contribution in [3.8, 4) is 16.9 Å². The van der Waals surface area contributed by atoms with E-state index in [0.717, 1.165) is 16.7 Å². The highest BCUT2D eigenvalue weighted by molar-refractivity contribution is 5.80. The standard InChI is InChI=1S/C22H21NO2/c1-17(22(24)23-16-18-8-4-2-5-9-18)25-21-14-12-20(13-15-21)19-10-6-3-7-11-19/h2-15,17H,16H2,1H3,(H,23,24)/t17-/m0/s1. The van der Waals surface area contributed by atoms with Gasteiger partial charge in [0.2, 0.25) is 0 Å². The smallest absolute Gasteiger partial charge is 0.261 e. The summed E-state index contributed by atoms with van der Waals surface area (Å²) in [5.41, 5.74) is 3.34.